The quantitative estimate of drug-likeness (QED) is 0.540. The summed E-state index contributed by atoms with van der Waals surface area (Å²) in [7, 11) is 2.17. The van der Waals surface area contributed by atoms with Crippen molar-refractivity contribution in [1.29, 1.82) is 0 Å². The summed E-state index contributed by atoms with van der Waals surface area (Å²) in [5.74, 6) is 0. The van der Waals surface area contributed by atoms with E-state index in [4.69, 9.17) is 12.2 Å². The summed E-state index contributed by atoms with van der Waals surface area (Å²) in [5, 5.41) is 4.29. The molecule has 0 amide bonds. The summed E-state index contributed by atoms with van der Waals surface area (Å²) in [5.41, 5.74) is 7.15. The van der Waals surface area contributed by atoms with E-state index in [1.54, 1.807) is 6.20 Å². The van der Waals surface area contributed by atoms with Crippen molar-refractivity contribution in [2.45, 2.75) is 44.9 Å². The zero-order valence-electron chi connectivity index (χ0n) is 19.5. The second-order valence-electron chi connectivity index (χ2n) is 9.43. The van der Waals surface area contributed by atoms with Crippen LogP contribution >= 0.6 is 12.2 Å². The third-order valence-corrected chi connectivity index (χ3v) is 7.21. The van der Waals surface area contributed by atoms with E-state index in [0.717, 1.165) is 16.4 Å². The van der Waals surface area contributed by atoms with E-state index in [0.29, 0.717) is 6.54 Å². The molecule has 2 aromatic heterocycles. The highest BCUT2D eigenvalue weighted by Gasteiger charge is 2.40. The maximum absolute atomic E-state index is 5.83. The van der Waals surface area contributed by atoms with Crippen LogP contribution in [0.1, 0.15) is 55.2 Å². The fourth-order valence-electron chi connectivity index (χ4n) is 4.99. The van der Waals surface area contributed by atoms with E-state index in [2.05, 4.69) is 89.3 Å². The molecule has 1 saturated heterocycles. The van der Waals surface area contributed by atoms with E-state index in [1.807, 2.05) is 30.6 Å². The largest absolute Gasteiger partial charge is 0.366 e. The molecule has 0 aliphatic carbocycles. The summed E-state index contributed by atoms with van der Waals surface area (Å²) in [6.45, 7) is 7.39. The highest BCUT2D eigenvalue weighted by molar-refractivity contribution is 7.80. The Bertz CT molecular complexity index is 1210. The second-order valence-corrected chi connectivity index (χ2v) is 9.82. The fraction of sp³-hybridized carbons (Fsp3) is 0.296. The SMILES string of the molecule is CC1=CC(C)(C)N(C)c2ccc([C@@H]3[C@@H](c4ccccn4)NC(=S)N3Cc3cccnc3)cc21. The summed E-state index contributed by atoms with van der Waals surface area (Å²) in [4.78, 5) is 13.6. The van der Waals surface area contributed by atoms with Crippen molar-refractivity contribution in [2.24, 2.45) is 0 Å². The number of likely N-dealkylation sites (N-methyl/N-ethyl adjacent to an activating group) is 1. The Labute approximate surface area is 201 Å². The Morgan fingerprint density at radius 1 is 1.09 bits per heavy atom. The molecule has 0 spiro atoms. The van der Waals surface area contributed by atoms with Gasteiger partial charge in [-0.15, -0.1) is 0 Å². The van der Waals surface area contributed by atoms with Gasteiger partial charge in [0.2, 0.25) is 0 Å². The Balaban J connectivity index is 1.60. The molecule has 1 aromatic carbocycles. The molecule has 0 saturated carbocycles. The number of nitrogens with zero attached hydrogens (tertiary/aromatic N) is 4. The van der Waals surface area contributed by atoms with Crippen LogP contribution in [0, 0.1) is 0 Å². The molecule has 4 heterocycles. The van der Waals surface area contributed by atoms with Crippen molar-refractivity contribution < 1.29 is 0 Å². The first kappa shape index (κ1) is 21.6. The van der Waals surface area contributed by atoms with E-state index < -0.39 is 0 Å². The van der Waals surface area contributed by atoms with Gasteiger partial charge in [0.05, 0.1) is 23.3 Å². The first-order chi connectivity index (χ1) is 15.8. The number of pyridine rings is 2. The maximum atomic E-state index is 5.83. The van der Waals surface area contributed by atoms with E-state index in [9.17, 15) is 0 Å². The predicted molar refractivity (Wildman–Crippen MR) is 138 cm³/mol. The number of benzene rings is 1. The molecule has 168 valence electrons. The lowest BCUT2D eigenvalue weighted by Gasteiger charge is -2.41. The summed E-state index contributed by atoms with van der Waals surface area (Å²) >= 11 is 5.83. The lowest BCUT2D eigenvalue weighted by Crippen LogP contribution is -2.42. The number of allylic oxidation sites excluding steroid dienone is 1. The molecule has 2 aliphatic rings. The van der Waals surface area contributed by atoms with Crippen molar-refractivity contribution in [3.05, 3.63) is 95.6 Å². The number of rotatable bonds is 4. The van der Waals surface area contributed by atoms with E-state index >= 15 is 0 Å². The van der Waals surface area contributed by atoms with Crippen LogP contribution < -0.4 is 10.2 Å². The molecular weight excluding hydrogens is 426 g/mol. The van der Waals surface area contributed by atoms with Gasteiger partial charge in [-0.1, -0.05) is 24.3 Å². The van der Waals surface area contributed by atoms with Gasteiger partial charge < -0.3 is 15.1 Å². The number of thiocarbonyl (C=S) groups is 1. The van der Waals surface area contributed by atoms with Crippen LogP contribution in [0.15, 0.2) is 73.2 Å². The van der Waals surface area contributed by atoms with Gasteiger partial charge in [-0.05, 0) is 80.0 Å². The predicted octanol–water partition coefficient (Wildman–Crippen LogP) is 5.28. The molecule has 1 fully saturated rings. The number of anilines is 1. The van der Waals surface area contributed by atoms with Crippen LogP contribution in [0.5, 0.6) is 0 Å². The zero-order valence-corrected chi connectivity index (χ0v) is 20.3. The van der Waals surface area contributed by atoms with Crippen LogP contribution in [-0.4, -0.2) is 32.6 Å². The number of aromatic nitrogens is 2. The van der Waals surface area contributed by atoms with Gasteiger partial charge in [0.1, 0.15) is 0 Å². The van der Waals surface area contributed by atoms with E-state index in [-0.39, 0.29) is 17.6 Å². The smallest absolute Gasteiger partial charge is 0.170 e. The molecule has 5 rings (SSSR count). The average molecular weight is 456 g/mol. The Kier molecular flexibility index (Phi) is 5.41. The minimum Gasteiger partial charge on any atom is -0.366 e. The minimum absolute atomic E-state index is 0.0160. The van der Waals surface area contributed by atoms with Crippen LogP contribution in [0.25, 0.3) is 5.57 Å². The van der Waals surface area contributed by atoms with Gasteiger partial charge in [-0.2, -0.15) is 0 Å². The van der Waals surface area contributed by atoms with Crippen LogP contribution in [-0.2, 0) is 6.54 Å². The minimum atomic E-state index is -0.0320. The molecular formula is C27H29N5S. The highest BCUT2D eigenvalue weighted by atomic mass is 32.1. The van der Waals surface area contributed by atoms with Crippen molar-refractivity contribution in [3.8, 4) is 0 Å². The highest BCUT2D eigenvalue weighted by Crippen LogP contribution is 2.44. The van der Waals surface area contributed by atoms with Gasteiger partial charge in [-0.3, -0.25) is 9.97 Å². The van der Waals surface area contributed by atoms with Gasteiger partial charge >= 0.3 is 0 Å². The Morgan fingerprint density at radius 2 is 1.94 bits per heavy atom. The molecule has 2 atom stereocenters. The first-order valence-corrected chi connectivity index (χ1v) is 11.7. The van der Waals surface area contributed by atoms with Gasteiger partial charge in [-0.25, -0.2) is 0 Å². The molecule has 1 N–H and O–H groups in total. The van der Waals surface area contributed by atoms with Gasteiger partial charge in [0.15, 0.2) is 5.11 Å². The van der Waals surface area contributed by atoms with Crippen LogP contribution in [0.3, 0.4) is 0 Å². The lowest BCUT2D eigenvalue weighted by atomic mass is 9.86. The van der Waals surface area contributed by atoms with Crippen molar-refractivity contribution in [3.63, 3.8) is 0 Å². The summed E-state index contributed by atoms with van der Waals surface area (Å²) in [6.07, 6.45) is 7.90. The molecule has 0 radical (unpaired) electrons. The molecule has 6 heteroatoms. The van der Waals surface area contributed by atoms with Crippen molar-refractivity contribution in [1.82, 2.24) is 20.2 Å². The summed E-state index contributed by atoms with van der Waals surface area (Å²) < 4.78 is 0. The van der Waals surface area contributed by atoms with Gasteiger partial charge in [0.25, 0.3) is 0 Å². The Morgan fingerprint density at radius 3 is 2.67 bits per heavy atom. The number of hydrogen-bond donors (Lipinski definition) is 1. The number of nitrogens with one attached hydrogen (secondary N) is 1. The molecule has 3 aromatic rings. The fourth-order valence-corrected chi connectivity index (χ4v) is 5.29. The topological polar surface area (TPSA) is 44.3 Å². The standard InChI is InChI=1S/C27H29N5S/c1-18-15-27(2,3)31(4)23-11-10-20(14-21(18)23)25-24(22-9-5-6-13-29-22)30-26(33)32(25)17-19-8-7-12-28-16-19/h5-16,24-25H,17H2,1-4H3,(H,30,33)/t24-,25-/m1/s1. The van der Waals surface area contributed by atoms with Crippen LogP contribution in [0.2, 0.25) is 0 Å². The molecule has 0 bridgehead atoms. The van der Waals surface area contributed by atoms with Crippen molar-refractivity contribution in [2.75, 3.05) is 11.9 Å². The third-order valence-electron chi connectivity index (χ3n) is 6.86. The van der Waals surface area contributed by atoms with E-state index in [1.165, 1.54) is 22.4 Å². The molecule has 33 heavy (non-hydrogen) atoms. The normalized spacial score (nSPS) is 21.5. The second kappa shape index (κ2) is 8.27. The molecule has 2 aliphatic heterocycles. The maximum Gasteiger partial charge on any atom is 0.170 e. The first-order valence-electron chi connectivity index (χ1n) is 11.3. The Hall–Kier alpha value is -3.25. The third kappa shape index (κ3) is 3.89. The van der Waals surface area contributed by atoms with Gasteiger partial charge in [0, 0.05) is 43.4 Å². The van der Waals surface area contributed by atoms with Crippen LogP contribution in [0.4, 0.5) is 5.69 Å². The van der Waals surface area contributed by atoms with Crippen molar-refractivity contribution >= 4 is 28.6 Å². The summed E-state index contributed by atoms with van der Waals surface area (Å²) in [6, 6.07) is 16.9. The monoisotopic (exact) mass is 455 g/mol. The number of fused-ring (bicyclic) bond motifs is 1. The zero-order chi connectivity index (χ0) is 23.2. The number of hydrogen-bond acceptors (Lipinski definition) is 4. The molecule has 0 unspecified atom stereocenters. The average Bonchev–Trinajstić information content (AvgIpc) is 3.14. The lowest BCUT2D eigenvalue weighted by molar-refractivity contribution is 0.311. The molecule has 5 nitrogen and oxygen atoms in total.